The summed E-state index contributed by atoms with van der Waals surface area (Å²) in [6.07, 6.45) is 0.606. The lowest BCUT2D eigenvalue weighted by Crippen LogP contribution is -2.38. The fourth-order valence-corrected chi connectivity index (χ4v) is 5.87. The number of rotatable bonds is 3. The van der Waals surface area contributed by atoms with E-state index in [9.17, 15) is 9.90 Å². The summed E-state index contributed by atoms with van der Waals surface area (Å²) >= 11 is 3.80. The van der Waals surface area contributed by atoms with Gasteiger partial charge in [-0.15, -0.1) is 11.3 Å². The number of amides is 1. The number of nitrogens with zero attached hydrogens (tertiary/aromatic N) is 1. The average Bonchev–Trinajstić information content (AvgIpc) is 3.09. The molecule has 29 heavy (non-hydrogen) atoms. The molecule has 0 saturated carbocycles. The van der Waals surface area contributed by atoms with E-state index in [-0.39, 0.29) is 17.8 Å². The molecule has 0 aliphatic carbocycles. The lowest BCUT2D eigenvalue weighted by atomic mass is 10.00. The van der Waals surface area contributed by atoms with Gasteiger partial charge < -0.3 is 15.7 Å². The van der Waals surface area contributed by atoms with Crippen molar-refractivity contribution in [3.05, 3.63) is 79.2 Å². The van der Waals surface area contributed by atoms with E-state index in [0.29, 0.717) is 0 Å². The number of benzene rings is 2. The Hall–Kier alpha value is -2.10. The molecule has 3 aromatic rings. The van der Waals surface area contributed by atoms with E-state index in [1.165, 1.54) is 16.0 Å². The van der Waals surface area contributed by atoms with Crippen LogP contribution in [0.2, 0.25) is 0 Å². The molecule has 148 valence electrons. The summed E-state index contributed by atoms with van der Waals surface area (Å²) in [5, 5.41) is 17.3. The first kappa shape index (κ1) is 18.9. The van der Waals surface area contributed by atoms with Gasteiger partial charge >= 0.3 is 0 Å². The van der Waals surface area contributed by atoms with Gasteiger partial charge in [0.15, 0.2) is 0 Å². The lowest BCUT2D eigenvalue weighted by molar-refractivity contribution is 0.0934. The van der Waals surface area contributed by atoms with Crippen molar-refractivity contribution in [1.29, 1.82) is 0 Å². The lowest BCUT2D eigenvalue weighted by Gasteiger charge is -2.28. The molecule has 7 heteroatoms. The summed E-state index contributed by atoms with van der Waals surface area (Å²) < 4.78 is 0.768. The van der Waals surface area contributed by atoms with Gasteiger partial charge in [-0.05, 0) is 57.8 Å². The Morgan fingerprint density at radius 2 is 2.00 bits per heavy atom. The van der Waals surface area contributed by atoms with Gasteiger partial charge in [0.1, 0.15) is 16.9 Å². The molecule has 5 rings (SSSR count). The Morgan fingerprint density at radius 1 is 1.17 bits per heavy atom. The molecule has 2 aliphatic rings. The summed E-state index contributed by atoms with van der Waals surface area (Å²) in [6, 6.07) is 15.9. The number of phenolic OH excluding ortho intramolecular Hbond substituents is 1. The van der Waals surface area contributed by atoms with Gasteiger partial charge in [-0.1, -0.05) is 36.4 Å². The zero-order valence-corrected chi connectivity index (χ0v) is 18.6. The molecule has 3 heterocycles. The first-order valence-corrected chi connectivity index (χ1v) is 11.4. The molecule has 0 unspecified atom stereocenters. The van der Waals surface area contributed by atoms with Crippen LogP contribution in [-0.2, 0) is 19.5 Å². The van der Waals surface area contributed by atoms with Crippen LogP contribution in [0.25, 0.3) is 0 Å². The highest BCUT2D eigenvalue weighted by molar-refractivity contribution is 14.1. The van der Waals surface area contributed by atoms with Crippen molar-refractivity contribution in [2.75, 3.05) is 11.9 Å². The molecule has 0 saturated heterocycles. The Labute approximate surface area is 186 Å². The highest BCUT2D eigenvalue weighted by atomic mass is 127. The van der Waals surface area contributed by atoms with Crippen LogP contribution < -0.4 is 10.6 Å². The molecular weight excluding hydrogens is 497 g/mol. The first-order valence-electron chi connectivity index (χ1n) is 9.55. The third-order valence-corrected chi connectivity index (χ3v) is 7.48. The monoisotopic (exact) mass is 517 g/mol. The smallest absolute Gasteiger partial charge is 0.256 e. The van der Waals surface area contributed by atoms with E-state index >= 15 is 0 Å². The number of thiophene rings is 1. The number of nitrogens with one attached hydrogen (secondary N) is 2. The molecule has 2 aromatic carbocycles. The van der Waals surface area contributed by atoms with E-state index < -0.39 is 0 Å². The van der Waals surface area contributed by atoms with Gasteiger partial charge in [0, 0.05) is 24.5 Å². The van der Waals surface area contributed by atoms with Crippen LogP contribution in [-0.4, -0.2) is 22.5 Å². The minimum atomic E-state index is -0.287. The van der Waals surface area contributed by atoms with E-state index in [2.05, 4.69) is 62.4 Å². The number of hydrogen-bond donors (Lipinski definition) is 3. The van der Waals surface area contributed by atoms with Crippen LogP contribution in [0.3, 0.4) is 0 Å². The molecular formula is C22H20IN3O2S. The molecule has 0 bridgehead atoms. The number of carbonyl (C=O) groups is 1. The minimum absolute atomic E-state index is 0.0131. The number of fused-ring (bicyclic) bond motifs is 3. The van der Waals surface area contributed by atoms with Crippen molar-refractivity contribution in [3.8, 4) is 5.75 Å². The topological polar surface area (TPSA) is 64.6 Å². The molecule has 2 aliphatic heterocycles. The summed E-state index contributed by atoms with van der Waals surface area (Å²) in [7, 11) is 0. The van der Waals surface area contributed by atoms with Gasteiger partial charge in [0.05, 0.1) is 9.13 Å². The summed E-state index contributed by atoms with van der Waals surface area (Å²) in [6.45, 7) is 2.76. The van der Waals surface area contributed by atoms with Gasteiger partial charge in [-0.2, -0.15) is 0 Å². The third-order valence-electron chi connectivity index (χ3n) is 5.47. The minimum Gasteiger partial charge on any atom is -0.507 e. The maximum absolute atomic E-state index is 12.9. The molecule has 0 radical (unpaired) electrons. The summed E-state index contributed by atoms with van der Waals surface area (Å²) in [5.74, 6) is 0.239. The summed E-state index contributed by atoms with van der Waals surface area (Å²) in [4.78, 5) is 16.6. The number of anilines is 1. The molecule has 5 nitrogen and oxygen atoms in total. The largest absolute Gasteiger partial charge is 0.507 e. The van der Waals surface area contributed by atoms with Crippen LogP contribution in [0, 0.1) is 3.57 Å². The normalized spacial score (nSPS) is 18.5. The first-order chi connectivity index (χ1) is 14.1. The van der Waals surface area contributed by atoms with Crippen molar-refractivity contribution < 1.29 is 9.90 Å². The Kier molecular flexibility index (Phi) is 4.97. The van der Waals surface area contributed by atoms with Crippen molar-refractivity contribution in [2.45, 2.75) is 25.7 Å². The van der Waals surface area contributed by atoms with Gasteiger partial charge in [0.2, 0.25) is 0 Å². The maximum atomic E-state index is 12.9. The Balaban J connectivity index is 1.38. The van der Waals surface area contributed by atoms with E-state index in [4.69, 9.17) is 0 Å². The van der Waals surface area contributed by atoms with Gasteiger partial charge in [-0.25, -0.2) is 0 Å². The van der Waals surface area contributed by atoms with Crippen molar-refractivity contribution >= 4 is 44.8 Å². The quantitative estimate of drug-likeness (QED) is 0.449. The van der Waals surface area contributed by atoms with E-state index in [0.717, 1.165) is 45.8 Å². The summed E-state index contributed by atoms with van der Waals surface area (Å²) in [5.41, 5.74) is 4.26. The SMILES string of the molecule is O=C1N[C@@H](c2ccc(O)c(I)c2)Nc2sc3c(c21)CCN(Cc1ccccc1)C3. The second-order valence-electron chi connectivity index (χ2n) is 7.42. The van der Waals surface area contributed by atoms with E-state index in [1.807, 2.05) is 18.2 Å². The number of carbonyl (C=O) groups excluding carboxylic acids is 1. The van der Waals surface area contributed by atoms with Crippen LogP contribution >= 0.6 is 33.9 Å². The van der Waals surface area contributed by atoms with E-state index in [1.54, 1.807) is 17.4 Å². The van der Waals surface area contributed by atoms with Crippen LogP contribution in [0.1, 0.15) is 38.1 Å². The zero-order chi connectivity index (χ0) is 20.0. The fraction of sp³-hybridized carbons (Fsp3) is 0.227. The molecule has 3 N–H and O–H groups in total. The molecule has 0 spiro atoms. The second kappa shape index (κ2) is 7.62. The van der Waals surface area contributed by atoms with Crippen molar-refractivity contribution in [3.63, 3.8) is 0 Å². The molecule has 1 atom stereocenters. The van der Waals surface area contributed by atoms with Crippen LogP contribution in [0.4, 0.5) is 5.00 Å². The molecule has 0 fully saturated rings. The molecule has 1 aromatic heterocycles. The standard InChI is InChI=1S/C22H20IN3O2S/c23-16-10-14(6-7-17(16)27)20-24-21(28)19-15-8-9-26(11-13-4-2-1-3-5-13)12-18(15)29-22(19)25-20/h1-7,10,20,25,27H,8-9,11-12H2,(H,24,28)/t20-/m1/s1. The predicted octanol–water partition coefficient (Wildman–Crippen LogP) is 4.47. The fourth-order valence-electron chi connectivity index (χ4n) is 4.01. The van der Waals surface area contributed by atoms with Crippen molar-refractivity contribution in [1.82, 2.24) is 10.2 Å². The van der Waals surface area contributed by atoms with Crippen LogP contribution in [0.15, 0.2) is 48.5 Å². The Morgan fingerprint density at radius 3 is 2.79 bits per heavy atom. The van der Waals surface area contributed by atoms with Crippen molar-refractivity contribution in [2.24, 2.45) is 0 Å². The van der Waals surface area contributed by atoms with Gasteiger partial charge in [-0.3, -0.25) is 9.69 Å². The van der Waals surface area contributed by atoms with Gasteiger partial charge in [0.25, 0.3) is 5.91 Å². The highest BCUT2D eigenvalue weighted by Gasteiger charge is 2.33. The maximum Gasteiger partial charge on any atom is 0.256 e. The Bertz CT molecular complexity index is 1080. The number of halogens is 1. The number of phenols is 1. The third kappa shape index (κ3) is 3.62. The number of hydrogen-bond acceptors (Lipinski definition) is 5. The number of aromatic hydroxyl groups is 1. The second-order valence-corrected chi connectivity index (χ2v) is 9.68. The highest BCUT2D eigenvalue weighted by Crippen LogP contribution is 2.41. The predicted molar refractivity (Wildman–Crippen MR) is 123 cm³/mol. The molecule has 1 amide bonds. The zero-order valence-electron chi connectivity index (χ0n) is 15.6. The van der Waals surface area contributed by atoms with Crippen LogP contribution in [0.5, 0.6) is 5.75 Å². The average molecular weight is 517 g/mol.